The molecule has 0 saturated carbocycles. The zero-order valence-corrected chi connectivity index (χ0v) is 16.7. The summed E-state index contributed by atoms with van der Waals surface area (Å²) in [4.78, 5) is 57.6. The fourth-order valence-corrected chi connectivity index (χ4v) is 2.40. The molecule has 12 heteroatoms. The molecule has 0 radical (unpaired) electrons. The van der Waals surface area contributed by atoms with Gasteiger partial charge in [0.15, 0.2) is 0 Å². The average Bonchev–Trinajstić information content (AvgIpc) is 3.00. The van der Waals surface area contributed by atoms with Crippen LogP contribution in [0.3, 0.4) is 0 Å². The van der Waals surface area contributed by atoms with Crippen molar-refractivity contribution >= 4 is 42.2 Å². The van der Waals surface area contributed by atoms with Crippen molar-refractivity contribution in [3.63, 3.8) is 0 Å². The maximum atomic E-state index is 11.7. The van der Waals surface area contributed by atoms with E-state index in [0.29, 0.717) is 0 Å². The first-order valence-electron chi connectivity index (χ1n) is 8.94. The van der Waals surface area contributed by atoms with Gasteiger partial charge in [-0.2, -0.15) is 12.6 Å². The number of nitrogens with one attached hydrogen (secondary N) is 2. The van der Waals surface area contributed by atoms with Crippen LogP contribution in [0.15, 0.2) is 12.2 Å². The number of carbonyl (C=O) groups excluding carboxylic acids is 4. The fraction of sp³-hybridized carbons (Fsp3) is 0.588. The van der Waals surface area contributed by atoms with Crippen molar-refractivity contribution in [2.75, 3.05) is 45.3 Å². The van der Waals surface area contributed by atoms with E-state index in [1.807, 2.05) is 0 Å². The molecule has 29 heavy (non-hydrogen) atoms. The molecule has 11 nitrogen and oxygen atoms in total. The number of hydrogen-bond acceptors (Lipinski definition) is 8. The quantitative estimate of drug-likeness (QED) is 0.137. The van der Waals surface area contributed by atoms with Gasteiger partial charge in [0, 0.05) is 43.8 Å². The molecule has 1 atom stereocenters. The zero-order chi connectivity index (χ0) is 21.6. The van der Waals surface area contributed by atoms with Crippen LogP contribution >= 0.6 is 12.6 Å². The molecule has 0 bridgehead atoms. The van der Waals surface area contributed by atoms with Crippen molar-refractivity contribution in [3.05, 3.63) is 12.2 Å². The summed E-state index contributed by atoms with van der Waals surface area (Å²) in [6.45, 7) is 1.16. The number of carboxylic acid groups (broad SMARTS) is 1. The molecule has 162 valence electrons. The molecule has 1 rings (SSSR count). The lowest BCUT2D eigenvalue weighted by atomic mass is 10.3. The SMILES string of the molecule is O=C(CCN1C(=O)C=CC1=O)NCCOCCOCCC(=O)N[C@@H](CS)C(=O)O. The van der Waals surface area contributed by atoms with Gasteiger partial charge in [0.2, 0.25) is 11.8 Å². The highest BCUT2D eigenvalue weighted by Crippen LogP contribution is 2.03. The van der Waals surface area contributed by atoms with Crippen molar-refractivity contribution in [2.24, 2.45) is 0 Å². The van der Waals surface area contributed by atoms with E-state index in [2.05, 4.69) is 23.3 Å². The van der Waals surface area contributed by atoms with E-state index in [9.17, 15) is 24.0 Å². The van der Waals surface area contributed by atoms with Crippen molar-refractivity contribution in [1.82, 2.24) is 15.5 Å². The van der Waals surface area contributed by atoms with Gasteiger partial charge in [-0.3, -0.25) is 24.1 Å². The molecule has 0 aromatic rings. The number of ether oxygens (including phenoxy) is 2. The van der Waals surface area contributed by atoms with Gasteiger partial charge in [0.1, 0.15) is 6.04 Å². The molecule has 1 aliphatic rings. The van der Waals surface area contributed by atoms with Crippen LogP contribution in [0.25, 0.3) is 0 Å². The van der Waals surface area contributed by atoms with Gasteiger partial charge < -0.3 is 25.2 Å². The number of carboxylic acids is 1. The molecule has 3 N–H and O–H groups in total. The number of carbonyl (C=O) groups is 5. The lowest BCUT2D eigenvalue weighted by Gasteiger charge is -2.13. The van der Waals surface area contributed by atoms with Crippen molar-refractivity contribution in [1.29, 1.82) is 0 Å². The Bertz CT molecular complexity index is 622. The molecular formula is C17H25N3O8S. The maximum Gasteiger partial charge on any atom is 0.327 e. The predicted molar refractivity (Wildman–Crippen MR) is 103 cm³/mol. The summed E-state index contributed by atoms with van der Waals surface area (Å²) in [7, 11) is 0. The van der Waals surface area contributed by atoms with Gasteiger partial charge in [0.25, 0.3) is 11.8 Å². The number of hydrogen-bond donors (Lipinski definition) is 4. The Kier molecular flexibility index (Phi) is 11.6. The molecule has 1 heterocycles. The first-order chi connectivity index (χ1) is 13.8. The van der Waals surface area contributed by atoms with E-state index in [-0.39, 0.29) is 64.0 Å². The lowest BCUT2D eigenvalue weighted by molar-refractivity contribution is -0.141. The van der Waals surface area contributed by atoms with Gasteiger partial charge >= 0.3 is 5.97 Å². The minimum absolute atomic E-state index is 0.00196. The summed E-state index contributed by atoms with van der Waals surface area (Å²) in [5, 5.41) is 13.7. The van der Waals surface area contributed by atoms with Crippen molar-refractivity contribution < 1.29 is 38.6 Å². The molecule has 0 spiro atoms. The first-order valence-corrected chi connectivity index (χ1v) is 9.57. The third-order valence-corrected chi connectivity index (χ3v) is 4.06. The van der Waals surface area contributed by atoms with Crippen LogP contribution in [0.2, 0.25) is 0 Å². The Balaban J connectivity index is 1.95. The van der Waals surface area contributed by atoms with Gasteiger partial charge in [0.05, 0.1) is 26.4 Å². The van der Waals surface area contributed by atoms with Gasteiger partial charge in [-0.05, 0) is 0 Å². The predicted octanol–water partition coefficient (Wildman–Crippen LogP) is -1.66. The summed E-state index contributed by atoms with van der Waals surface area (Å²) < 4.78 is 10.5. The monoisotopic (exact) mass is 431 g/mol. The number of aliphatic carboxylic acids is 1. The Hall–Kier alpha value is -2.44. The molecule has 0 fully saturated rings. The molecule has 0 saturated heterocycles. The number of thiol groups is 1. The fourth-order valence-electron chi connectivity index (χ4n) is 2.15. The van der Waals surface area contributed by atoms with Crippen LogP contribution in [0.1, 0.15) is 12.8 Å². The van der Waals surface area contributed by atoms with E-state index >= 15 is 0 Å². The van der Waals surface area contributed by atoms with Crippen LogP contribution in [0, 0.1) is 0 Å². The second kappa shape index (κ2) is 13.7. The third kappa shape index (κ3) is 10.1. The molecule has 0 unspecified atom stereocenters. The van der Waals surface area contributed by atoms with Gasteiger partial charge in [-0.1, -0.05) is 0 Å². The van der Waals surface area contributed by atoms with Crippen molar-refractivity contribution in [3.8, 4) is 0 Å². The van der Waals surface area contributed by atoms with Crippen LogP contribution in [-0.4, -0.2) is 90.9 Å². The third-order valence-electron chi connectivity index (χ3n) is 3.69. The normalized spacial score (nSPS) is 14.2. The second-order valence-corrected chi connectivity index (χ2v) is 6.24. The van der Waals surface area contributed by atoms with E-state index in [1.165, 1.54) is 0 Å². The summed E-state index contributed by atoms with van der Waals surface area (Å²) in [5.41, 5.74) is 0. The lowest BCUT2D eigenvalue weighted by Crippen LogP contribution is -2.42. The number of amides is 4. The largest absolute Gasteiger partial charge is 0.480 e. The van der Waals surface area contributed by atoms with Crippen LogP contribution in [0.4, 0.5) is 0 Å². The highest BCUT2D eigenvalue weighted by Gasteiger charge is 2.23. The van der Waals surface area contributed by atoms with E-state index in [0.717, 1.165) is 17.1 Å². The number of rotatable bonds is 15. The van der Waals surface area contributed by atoms with E-state index in [1.54, 1.807) is 0 Å². The second-order valence-electron chi connectivity index (χ2n) is 5.88. The number of imide groups is 1. The summed E-state index contributed by atoms with van der Waals surface area (Å²) >= 11 is 3.85. The standard InChI is InChI=1S/C17H25N3O8S/c21-13(3-6-20-15(23)1-2-16(20)24)18-5-8-28-10-9-27-7-4-14(22)19-12(11-29)17(25)26/h1-2,12,29H,3-11H2,(H,18,21)(H,19,22)(H,25,26)/t12-/m0/s1. The Morgan fingerprint density at radius 2 is 1.62 bits per heavy atom. The number of nitrogens with zero attached hydrogens (tertiary/aromatic N) is 1. The Labute approximate surface area is 173 Å². The summed E-state index contributed by atoms with van der Waals surface area (Å²) in [6.07, 6.45) is 2.36. The Morgan fingerprint density at radius 3 is 2.21 bits per heavy atom. The molecule has 0 aliphatic carbocycles. The maximum absolute atomic E-state index is 11.7. The summed E-state index contributed by atoms with van der Waals surface area (Å²) in [5.74, 6) is -2.74. The summed E-state index contributed by atoms with van der Waals surface area (Å²) in [6, 6.07) is -1.03. The first kappa shape index (κ1) is 24.6. The minimum atomic E-state index is -1.15. The molecular weight excluding hydrogens is 406 g/mol. The smallest absolute Gasteiger partial charge is 0.327 e. The molecule has 0 aromatic heterocycles. The average molecular weight is 431 g/mol. The minimum Gasteiger partial charge on any atom is -0.480 e. The molecule has 4 amide bonds. The topological polar surface area (TPSA) is 151 Å². The van der Waals surface area contributed by atoms with Crippen LogP contribution < -0.4 is 10.6 Å². The van der Waals surface area contributed by atoms with E-state index in [4.69, 9.17) is 14.6 Å². The van der Waals surface area contributed by atoms with Gasteiger partial charge in [-0.25, -0.2) is 4.79 Å². The Morgan fingerprint density at radius 1 is 1.00 bits per heavy atom. The molecule has 0 aromatic carbocycles. The van der Waals surface area contributed by atoms with Crippen molar-refractivity contribution in [2.45, 2.75) is 18.9 Å². The van der Waals surface area contributed by atoms with Crippen LogP contribution in [-0.2, 0) is 33.4 Å². The zero-order valence-electron chi connectivity index (χ0n) is 15.8. The van der Waals surface area contributed by atoms with Gasteiger partial charge in [-0.15, -0.1) is 0 Å². The van der Waals surface area contributed by atoms with Crippen LogP contribution in [0.5, 0.6) is 0 Å². The highest BCUT2D eigenvalue weighted by molar-refractivity contribution is 7.80. The molecule has 1 aliphatic heterocycles. The highest BCUT2D eigenvalue weighted by atomic mass is 32.1. The van der Waals surface area contributed by atoms with E-state index < -0.39 is 29.7 Å².